The second kappa shape index (κ2) is 32.4. The van der Waals surface area contributed by atoms with E-state index in [1.165, 1.54) is 36.5 Å². The first kappa shape index (κ1) is 89.6. The Labute approximate surface area is 651 Å². The molecule has 0 heterocycles. The van der Waals surface area contributed by atoms with Gasteiger partial charge in [0.2, 0.25) is 26.0 Å². The van der Waals surface area contributed by atoms with Crippen LogP contribution in [0.5, 0.6) is 0 Å². The molecule has 110 heavy (non-hydrogen) atoms. The van der Waals surface area contributed by atoms with E-state index in [0.717, 1.165) is 0 Å². The molecule has 610 valence electrons. The first-order chi connectivity index (χ1) is 50.7. The van der Waals surface area contributed by atoms with Crippen LogP contribution in [0.2, 0.25) is 0 Å². The smallest absolute Gasteiger partial charge is 0.306 e. The molecule has 24 atom stereocenters. The molecule has 9 saturated carbocycles. The number of fused-ring (bicyclic) bond motifs is 15. The number of carboxylic acids is 3. The second-order valence-corrected chi connectivity index (χ2v) is 36.4. The molecule has 0 bridgehead atoms. The van der Waals surface area contributed by atoms with E-state index in [2.05, 4.69) is 21.4 Å². The first-order valence-electron chi connectivity index (χ1n) is 37.0. The van der Waals surface area contributed by atoms with Gasteiger partial charge in [0.1, 0.15) is 23.4 Å². The Hall–Kier alpha value is -5.99. The molecule has 0 aromatic rings. The minimum Gasteiger partial charge on any atom is -0.481 e. The number of Topliss-reactive ketones (excluding diaryl/α,β-unsaturated/α-hetero) is 3. The Kier molecular flexibility index (Phi) is 26.3. The summed E-state index contributed by atoms with van der Waals surface area (Å²) in [6, 6.07) is 0. The van der Waals surface area contributed by atoms with Crippen LogP contribution < -0.4 is 0 Å². The summed E-state index contributed by atoms with van der Waals surface area (Å²) in [5, 5.41) is 102. The van der Waals surface area contributed by atoms with Gasteiger partial charge in [-0.05, 0) is 181 Å². The number of ketones is 6. The van der Waals surface area contributed by atoms with Crippen molar-refractivity contribution in [3.05, 3.63) is 71.4 Å². The maximum atomic E-state index is 17.1. The maximum absolute atomic E-state index is 17.1. The number of aliphatic carboxylic acids is 3. The lowest BCUT2D eigenvalue weighted by atomic mass is 9.44. The molecule has 12 aliphatic carbocycles. The second-order valence-electron chi connectivity index (χ2n) is 33.5. The number of aliphatic hydroxyl groups is 7. The highest BCUT2D eigenvalue weighted by Crippen LogP contribution is 2.74. The normalized spacial score (nSPS) is 42.4. The number of hydrogen-bond donors (Lipinski definition) is 10. The quantitative estimate of drug-likeness (QED) is 0.0484. The Morgan fingerprint density at radius 2 is 0.718 bits per heavy atom. The summed E-state index contributed by atoms with van der Waals surface area (Å²) < 4.78 is 70.2. The summed E-state index contributed by atoms with van der Waals surface area (Å²) in [5.41, 5.74) is -16.5. The average Bonchev–Trinajstić information content (AvgIpc) is 1.40. The van der Waals surface area contributed by atoms with Crippen molar-refractivity contribution in [3.8, 4) is 0 Å². The van der Waals surface area contributed by atoms with Gasteiger partial charge in [0, 0.05) is 78.0 Å². The predicted molar refractivity (Wildman–Crippen MR) is 389 cm³/mol. The van der Waals surface area contributed by atoms with E-state index in [1.54, 1.807) is 80.5 Å². The number of aliphatic hydroxyl groups excluding tert-OH is 4. The number of rotatable bonds is 17. The van der Waals surface area contributed by atoms with Crippen LogP contribution in [0.4, 0.5) is 13.2 Å². The van der Waals surface area contributed by atoms with Crippen LogP contribution in [0, 0.1) is 85.8 Å². The standard InChI is InChI=1S/C26H32ClFO7.C26H33FO8.C22H29FO5.C4H6O4.Cl2OS/c1-14-10-18-17-5-4-15-11-16(29)8-9-23(15,2)25(17,28)19(30)12-24(18,3)26(14,34)20(31)13-35-22(33)7-6-21(27)32;1-14-10-18-17-5-4-15-11-16(28)8-9-23(15,2)25(17,27)19(29)12-24(18,3)26(14,34)20(30)13-35-22(33)7-6-21(31)32;1-12-8-16-15-5-4-13-9-14(25)6-7-19(13,2)21(15,23)17(26)10-20(16,3)22(12,28)18(27)11-24;5-3(6)1-2-4(7)8;1-4(2)3/h8-9,11,14,17-19,30,34H,4-7,10,12-13H2,1-3H3;8-9,11,14,17-19,29,34H,4-7,10,12-13H2,1-3H3,(H,31,32);6-7,9,12,15-17,24,26,28H,4-5,8,10-11H2,1-3H3;1-2H2,(H,5,6)(H,7,8);/t2*14-,17+,18+,19+,23+,24+,25+,26+;12-,15+,16+,17+,19+,20+,21+,22+;;/m111../s1. The van der Waals surface area contributed by atoms with Crippen molar-refractivity contribution in [1.29, 1.82) is 0 Å². The van der Waals surface area contributed by atoms with Crippen LogP contribution in [-0.4, -0.2) is 197 Å². The van der Waals surface area contributed by atoms with Gasteiger partial charge in [-0.2, -0.15) is 0 Å². The molecular weight excluding hydrogens is 1530 g/mol. The van der Waals surface area contributed by atoms with Crippen molar-refractivity contribution in [2.45, 2.75) is 230 Å². The molecule has 0 saturated heterocycles. The van der Waals surface area contributed by atoms with Crippen molar-refractivity contribution in [3.63, 3.8) is 0 Å². The van der Waals surface area contributed by atoms with Gasteiger partial charge in [-0.3, -0.25) is 57.5 Å². The fourth-order valence-corrected chi connectivity index (χ4v) is 22.9. The van der Waals surface area contributed by atoms with E-state index in [1.807, 2.05) is 0 Å². The zero-order chi connectivity index (χ0) is 82.8. The molecule has 0 radical (unpaired) electrons. The van der Waals surface area contributed by atoms with Crippen molar-refractivity contribution in [1.82, 2.24) is 0 Å². The Bertz CT molecular complexity index is 3810. The fraction of sp³-hybridized carbons (Fsp3) is 0.692. The molecule has 9 fully saturated rings. The molecule has 12 rings (SSSR count). The van der Waals surface area contributed by atoms with Gasteiger partial charge in [0.05, 0.1) is 50.4 Å². The fourth-order valence-electron chi connectivity index (χ4n) is 22.8. The Morgan fingerprint density at radius 1 is 0.464 bits per heavy atom. The summed E-state index contributed by atoms with van der Waals surface area (Å²) in [7, 11) is 7.36. The molecule has 0 aromatic heterocycles. The monoisotopic (exact) mass is 1630 g/mol. The van der Waals surface area contributed by atoms with Crippen LogP contribution in [-0.2, 0) is 76.2 Å². The van der Waals surface area contributed by atoms with Crippen molar-refractivity contribution >= 4 is 112 Å². The molecule has 12 aliphatic rings. The summed E-state index contributed by atoms with van der Waals surface area (Å²) in [4.78, 5) is 139. The van der Waals surface area contributed by atoms with E-state index in [-0.39, 0.29) is 68.2 Å². The number of esters is 2. The van der Waals surface area contributed by atoms with Crippen LogP contribution in [0.15, 0.2) is 71.4 Å². The molecule has 25 nitrogen and oxygen atoms in total. The molecule has 0 aromatic carbocycles. The van der Waals surface area contributed by atoms with Crippen LogP contribution in [0.1, 0.15) is 178 Å². The van der Waals surface area contributed by atoms with E-state index in [0.29, 0.717) is 74.5 Å². The summed E-state index contributed by atoms with van der Waals surface area (Å²) >= 11 is 5.23. The van der Waals surface area contributed by atoms with Gasteiger partial charge in [-0.1, -0.05) is 76.5 Å². The van der Waals surface area contributed by atoms with Crippen LogP contribution in [0.3, 0.4) is 0 Å². The van der Waals surface area contributed by atoms with E-state index < -0.39 is 226 Å². The first-order valence-corrected chi connectivity index (χ1v) is 40.1. The summed E-state index contributed by atoms with van der Waals surface area (Å²) in [6.07, 6.45) is 10.3. The Morgan fingerprint density at radius 3 is 0.973 bits per heavy atom. The van der Waals surface area contributed by atoms with E-state index >= 15 is 13.2 Å². The highest BCUT2D eigenvalue weighted by Gasteiger charge is 2.79. The number of allylic oxidation sites excluding steroid dienone is 12. The number of carbonyl (C=O) groups is 12. The van der Waals surface area contributed by atoms with Crippen LogP contribution in [0.25, 0.3) is 0 Å². The van der Waals surface area contributed by atoms with Gasteiger partial charge in [0.15, 0.2) is 53.4 Å². The number of carboxylic acid groups (broad SMARTS) is 3. The van der Waals surface area contributed by atoms with Crippen molar-refractivity contribution in [2.75, 3.05) is 19.8 Å². The highest BCUT2D eigenvalue weighted by molar-refractivity contribution is 8.26. The lowest BCUT2D eigenvalue weighted by Gasteiger charge is -2.62. The molecule has 0 aliphatic heterocycles. The van der Waals surface area contributed by atoms with Gasteiger partial charge in [0.25, 0.3) is 0 Å². The predicted octanol–water partition coefficient (Wildman–Crippen LogP) is 8.18. The van der Waals surface area contributed by atoms with E-state index in [9.17, 15) is 93.3 Å². The largest absolute Gasteiger partial charge is 0.481 e. The van der Waals surface area contributed by atoms with Crippen LogP contribution >= 0.6 is 33.0 Å². The molecule has 0 amide bonds. The molecular formula is C78H100Cl3F3O25S. The third-order valence-electron chi connectivity index (χ3n) is 28.4. The topological polar surface area (TPSA) is 443 Å². The number of carbonyl (C=O) groups excluding carboxylic acids is 9. The van der Waals surface area contributed by atoms with E-state index in [4.69, 9.17) is 40.6 Å². The van der Waals surface area contributed by atoms with Gasteiger partial charge < -0.3 is 60.5 Å². The average molecular weight is 1630 g/mol. The van der Waals surface area contributed by atoms with Gasteiger partial charge >= 0.3 is 29.8 Å². The summed E-state index contributed by atoms with van der Waals surface area (Å²) in [5.74, 6) is -12.2. The molecule has 32 heteroatoms. The highest BCUT2D eigenvalue weighted by atomic mass is 36.0. The molecule has 0 spiro atoms. The molecule has 10 N–H and O–H groups in total. The Balaban J connectivity index is 0.000000193. The minimum atomic E-state index is -2.07. The number of alkyl halides is 3. The zero-order valence-corrected chi connectivity index (χ0v) is 65.8. The van der Waals surface area contributed by atoms with Crippen molar-refractivity contribution in [2.24, 2.45) is 85.8 Å². The zero-order valence-electron chi connectivity index (χ0n) is 62.7. The lowest BCUT2D eigenvalue weighted by Crippen LogP contribution is -2.69. The van der Waals surface area contributed by atoms with Gasteiger partial charge in [-0.25, -0.2) is 17.4 Å². The third-order valence-corrected chi connectivity index (χ3v) is 28.6. The summed E-state index contributed by atoms with van der Waals surface area (Å²) in [6.45, 7) is 13.3. The SMILES string of the molecule is C[C@@H]1C[C@H]2[C@@H]3CCC4=CC(=O)C=C[C@]4(C)[C@@]3(F)[C@@H](O)C[C@]2(C)[C@@]1(O)C(=O)CO.C[C@@H]1C[C@H]2[C@@H]3CCC4=CC(=O)C=C[C@]4(C)[C@@]3(F)[C@@H](O)C[C@]2(C)[C@@]1(O)C(=O)COC(=O)CCC(=O)Cl.C[C@@H]1C[C@H]2[C@@H]3CCC4=CC(=O)C=C[C@]4(C)[C@@]3(F)[C@@H](O)C[C@]2(C)[C@@]1(O)C(=O)COC(=O)CCC(=O)O.O=C(O)CCC(=O)O.O=S(Cl)Cl. The third kappa shape index (κ3) is 14.6. The van der Waals surface area contributed by atoms with Gasteiger partial charge in [-0.15, -0.1) is 0 Å². The maximum Gasteiger partial charge on any atom is 0.306 e. The molecule has 0 unspecified atom stereocenters. The lowest BCUT2D eigenvalue weighted by molar-refractivity contribution is -0.220. The minimum absolute atomic E-state index is 0.0676. The van der Waals surface area contributed by atoms with Crippen molar-refractivity contribution < 1.29 is 135 Å². The number of hydrogen-bond acceptors (Lipinski definition) is 22. The number of halogens is 6. The number of ether oxygens (including phenoxy) is 2.